The Bertz CT molecular complexity index is 362. The van der Waals surface area contributed by atoms with Crippen LogP contribution >= 0.6 is 27.5 Å². The fourth-order valence-electron chi connectivity index (χ4n) is 1.06. The second-order valence-corrected chi connectivity index (χ2v) is 4.12. The van der Waals surface area contributed by atoms with Crippen molar-refractivity contribution in [3.05, 3.63) is 33.8 Å². The van der Waals surface area contributed by atoms with Crippen molar-refractivity contribution in [2.24, 2.45) is 0 Å². The number of halogens is 4. The van der Waals surface area contributed by atoms with E-state index in [4.69, 9.17) is 11.6 Å². The first-order valence-corrected chi connectivity index (χ1v) is 5.36. The molecule has 0 spiro atoms. The van der Waals surface area contributed by atoms with Crippen LogP contribution in [0, 0.1) is 11.6 Å². The van der Waals surface area contributed by atoms with Crippen molar-refractivity contribution in [2.45, 2.75) is 12.2 Å². The van der Waals surface area contributed by atoms with Crippen LogP contribution in [0.3, 0.4) is 0 Å². The van der Waals surface area contributed by atoms with Crippen molar-refractivity contribution in [3.63, 3.8) is 0 Å². The second kappa shape index (κ2) is 5.21. The Balaban J connectivity index is 3.09. The van der Waals surface area contributed by atoms with E-state index in [0.29, 0.717) is 0 Å². The summed E-state index contributed by atoms with van der Waals surface area (Å²) in [6, 6.07) is 1.70. The maximum Gasteiger partial charge on any atom is 0.137 e. The standard InChI is InChI=1S/C9H8BrClF2O2/c10-5-2-6(12)4(1-7(5)13)9(15)8(14)3-11/h1-2,8-9,14-15H,3H2. The molecule has 2 nitrogen and oxygen atoms in total. The van der Waals surface area contributed by atoms with Gasteiger partial charge in [-0.25, -0.2) is 8.78 Å². The van der Waals surface area contributed by atoms with Crippen LogP contribution in [0.25, 0.3) is 0 Å². The molecule has 0 aliphatic rings. The minimum Gasteiger partial charge on any atom is -0.389 e. The predicted octanol–water partition coefficient (Wildman–Crippen LogP) is 2.36. The number of hydrogen-bond acceptors (Lipinski definition) is 2. The first kappa shape index (κ1) is 12.8. The summed E-state index contributed by atoms with van der Waals surface area (Å²) in [4.78, 5) is 0. The van der Waals surface area contributed by atoms with Crippen LogP contribution in [-0.4, -0.2) is 22.2 Å². The molecule has 0 aliphatic heterocycles. The molecule has 0 heterocycles. The van der Waals surface area contributed by atoms with Crippen LogP contribution in [0.5, 0.6) is 0 Å². The molecule has 2 N–H and O–H groups in total. The maximum atomic E-state index is 13.3. The fraction of sp³-hybridized carbons (Fsp3) is 0.333. The highest BCUT2D eigenvalue weighted by Gasteiger charge is 2.22. The summed E-state index contributed by atoms with van der Waals surface area (Å²) in [5.41, 5.74) is -0.316. The molecular formula is C9H8BrClF2O2. The van der Waals surface area contributed by atoms with Gasteiger partial charge in [-0.2, -0.15) is 0 Å². The van der Waals surface area contributed by atoms with E-state index in [1.807, 2.05) is 0 Å². The van der Waals surface area contributed by atoms with Gasteiger partial charge in [0.1, 0.15) is 17.7 Å². The average Bonchev–Trinajstić information content (AvgIpc) is 2.21. The summed E-state index contributed by atoms with van der Waals surface area (Å²) < 4.78 is 26.3. The van der Waals surface area contributed by atoms with Crippen LogP contribution in [0.4, 0.5) is 8.78 Å². The summed E-state index contributed by atoms with van der Waals surface area (Å²) in [5.74, 6) is -1.79. The van der Waals surface area contributed by atoms with Gasteiger partial charge in [-0.3, -0.25) is 0 Å². The lowest BCUT2D eigenvalue weighted by atomic mass is 10.0. The third-order valence-corrected chi connectivity index (χ3v) is 2.80. The van der Waals surface area contributed by atoms with E-state index in [1.165, 1.54) is 0 Å². The molecule has 1 aromatic carbocycles. The number of rotatable bonds is 3. The predicted molar refractivity (Wildman–Crippen MR) is 55.7 cm³/mol. The van der Waals surface area contributed by atoms with Gasteiger partial charge in [0.15, 0.2) is 0 Å². The molecular weight excluding hydrogens is 293 g/mol. The number of hydrogen-bond donors (Lipinski definition) is 2. The highest BCUT2D eigenvalue weighted by molar-refractivity contribution is 9.10. The molecule has 15 heavy (non-hydrogen) atoms. The van der Waals surface area contributed by atoms with Crippen LogP contribution in [0.1, 0.15) is 11.7 Å². The third-order valence-electron chi connectivity index (χ3n) is 1.88. The summed E-state index contributed by atoms with van der Waals surface area (Å²) in [7, 11) is 0. The van der Waals surface area contributed by atoms with Crippen molar-refractivity contribution in [1.82, 2.24) is 0 Å². The summed E-state index contributed by atoms with van der Waals surface area (Å²) in [5, 5.41) is 18.6. The van der Waals surface area contributed by atoms with E-state index in [-0.39, 0.29) is 15.9 Å². The van der Waals surface area contributed by atoms with Gasteiger partial charge in [0, 0.05) is 5.56 Å². The normalized spacial score (nSPS) is 15.1. The molecule has 0 fully saturated rings. The van der Waals surface area contributed by atoms with Crippen molar-refractivity contribution in [1.29, 1.82) is 0 Å². The fourth-order valence-corrected chi connectivity index (χ4v) is 1.54. The largest absolute Gasteiger partial charge is 0.389 e. The number of benzene rings is 1. The first-order chi connectivity index (χ1) is 6.97. The molecule has 2 atom stereocenters. The zero-order valence-corrected chi connectivity index (χ0v) is 9.76. The topological polar surface area (TPSA) is 40.5 Å². The van der Waals surface area contributed by atoms with E-state index in [1.54, 1.807) is 0 Å². The highest BCUT2D eigenvalue weighted by atomic mass is 79.9. The highest BCUT2D eigenvalue weighted by Crippen LogP contribution is 2.26. The summed E-state index contributed by atoms with van der Waals surface area (Å²) in [6.07, 6.45) is -2.87. The van der Waals surface area contributed by atoms with E-state index in [0.717, 1.165) is 12.1 Å². The van der Waals surface area contributed by atoms with E-state index < -0.39 is 23.8 Å². The number of aliphatic hydroxyl groups is 2. The average molecular weight is 302 g/mol. The quantitative estimate of drug-likeness (QED) is 0.665. The van der Waals surface area contributed by atoms with E-state index in [9.17, 15) is 19.0 Å². The minimum atomic E-state index is -1.54. The third kappa shape index (κ3) is 2.87. The molecule has 0 aromatic heterocycles. The zero-order chi connectivity index (χ0) is 11.6. The Labute approximate surface area is 98.6 Å². The van der Waals surface area contributed by atoms with Gasteiger partial charge in [-0.1, -0.05) is 0 Å². The van der Waals surface area contributed by atoms with Crippen molar-refractivity contribution in [3.8, 4) is 0 Å². The van der Waals surface area contributed by atoms with Gasteiger partial charge >= 0.3 is 0 Å². The summed E-state index contributed by atoms with van der Waals surface area (Å²) in [6.45, 7) is 0. The van der Waals surface area contributed by atoms with E-state index in [2.05, 4.69) is 15.9 Å². The van der Waals surface area contributed by atoms with Crippen LogP contribution in [0.2, 0.25) is 0 Å². The van der Waals surface area contributed by atoms with Crippen LogP contribution in [-0.2, 0) is 0 Å². The molecule has 1 rings (SSSR count). The van der Waals surface area contributed by atoms with Gasteiger partial charge in [0.05, 0.1) is 16.5 Å². The molecule has 6 heteroatoms. The SMILES string of the molecule is OC(CCl)C(O)c1cc(F)c(Br)cc1F. The molecule has 1 aromatic rings. The summed E-state index contributed by atoms with van der Waals surface area (Å²) >= 11 is 8.08. The van der Waals surface area contributed by atoms with Gasteiger partial charge in [-0.15, -0.1) is 11.6 Å². The lowest BCUT2D eigenvalue weighted by molar-refractivity contribution is 0.0302. The molecule has 2 unspecified atom stereocenters. The van der Waals surface area contributed by atoms with Gasteiger partial charge in [0.25, 0.3) is 0 Å². The molecule has 0 saturated carbocycles. The Morgan fingerprint density at radius 3 is 2.40 bits per heavy atom. The van der Waals surface area contributed by atoms with Crippen LogP contribution < -0.4 is 0 Å². The lowest BCUT2D eigenvalue weighted by Crippen LogP contribution is -2.21. The second-order valence-electron chi connectivity index (χ2n) is 2.95. The lowest BCUT2D eigenvalue weighted by Gasteiger charge is -2.16. The van der Waals surface area contributed by atoms with Crippen LogP contribution in [0.15, 0.2) is 16.6 Å². The van der Waals surface area contributed by atoms with Crippen molar-refractivity contribution < 1.29 is 19.0 Å². The Morgan fingerprint density at radius 1 is 1.27 bits per heavy atom. The first-order valence-electron chi connectivity index (χ1n) is 4.04. The monoisotopic (exact) mass is 300 g/mol. The zero-order valence-electron chi connectivity index (χ0n) is 7.42. The maximum absolute atomic E-state index is 13.3. The minimum absolute atomic E-state index is 0.0451. The number of alkyl halides is 1. The molecule has 0 radical (unpaired) electrons. The molecule has 0 bridgehead atoms. The smallest absolute Gasteiger partial charge is 0.137 e. The Kier molecular flexibility index (Phi) is 4.45. The van der Waals surface area contributed by atoms with Gasteiger partial charge < -0.3 is 10.2 Å². The van der Waals surface area contributed by atoms with E-state index >= 15 is 0 Å². The van der Waals surface area contributed by atoms with Crippen molar-refractivity contribution >= 4 is 27.5 Å². The molecule has 84 valence electrons. The van der Waals surface area contributed by atoms with Gasteiger partial charge in [0.2, 0.25) is 0 Å². The Morgan fingerprint density at radius 2 is 1.87 bits per heavy atom. The van der Waals surface area contributed by atoms with Crippen molar-refractivity contribution in [2.75, 3.05) is 5.88 Å². The Hall–Kier alpha value is -0.230. The molecule has 0 aliphatic carbocycles. The molecule has 0 amide bonds. The number of aliphatic hydroxyl groups excluding tert-OH is 2. The van der Waals surface area contributed by atoms with Gasteiger partial charge in [-0.05, 0) is 28.1 Å². The molecule has 0 saturated heterocycles.